The van der Waals surface area contributed by atoms with Crippen LogP contribution in [0.2, 0.25) is 0 Å². The molecule has 0 aliphatic rings. The number of carbonyl (C=O) groups is 1. The van der Waals surface area contributed by atoms with Gasteiger partial charge in [-0.05, 0) is 25.3 Å². The molecule has 7 heteroatoms. The van der Waals surface area contributed by atoms with E-state index in [-0.39, 0.29) is 11.2 Å². The van der Waals surface area contributed by atoms with Gasteiger partial charge in [-0.15, -0.1) is 22.7 Å². The van der Waals surface area contributed by atoms with Crippen LogP contribution in [0.25, 0.3) is 20.7 Å². The van der Waals surface area contributed by atoms with E-state index < -0.39 is 0 Å². The van der Waals surface area contributed by atoms with Gasteiger partial charge in [-0.2, -0.15) is 0 Å². The van der Waals surface area contributed by atoms with Gasteiger partial charge in [-0.25, -0.2) is 9.97 Å². The predicted octanol–water partition coefficient (Wildman–Crippen LogP) is 4.38. The molecule has 0 amide bonds. The zero-order valence-electron chi connectivity index (χ0n) is 12.3. The lowest BCUT2D eigenvalue weighted by Crippen LogP contribution is -2.15. The van der Waals surface area contributed by atoms with Gasteiger partial charge in [0.15, 0.2) is 0 Å². The van der Waals surface area contributed by atoms with Crippen molar-refractivity contribution in [2.24, 2.45) is 0 Å². The van der Waals surface area contributed by atoms with Crippen molar-refractivity contribution in [1.82, 2.24) is 9.97 Å². The number of hydrogen-bond donors (Lipinski definition) is 0. The molecule has 22 heavy (non-hydrogen) atoms. The first kappa shape index (κ1) is 15.5. The van der Waals surface area contributed by atoms with Crippen LogP contribution in [0.5, 0.6) is 0 Å². The zero-order valence-corrected chi connectivity index (χ0v) is 14.8. The molecule has 0 unspecified atom stereocenters. The van der Waals surface area contributed by atoms with Gasteiger partial charge in [0, 0.05) is 15.8 Å². The Labute approximate surface area is 140 Å². The Kier molecular flexibility index (Phi) is 4.46. The van der Waals surface area contributed by atoms with Crippen LogP contribution in [-0.2, 0) is 9.53 Å². The van der Waals surface area contributed by atoms with Crippen LogP contribution < -0.4 is 0 Å². The number of nitrogens with zero attached hydrogens (tertiary/aromatic N) is 2. The highest BCUT2D eigenvalue weighted by Crippen LogP contribution is 2.40. The number of hydrogen-bond acceptors (Lipinski definition) is 7. The van der Waals surface area contributed by atoms with Gasteiger partial charge >= 0.3 is 5.97 Å². The molecule has 3 rings (SSSR count). The molecule has 0 bridgehead atoms. The van der Waals surface area contributed by atoms with Crippen LogP contribution in [0.3, 0.4) is 0 Å². The second-order valence-corrected chi connectivity index (χ2v) is 7.80. The van der Waals surface area contributed by atoms with Gasteiger partial charge in [0.25, 0.3) is 0 Å². The molecule has 0 fully saturated rings. The largest absolute Gasteiger partial charge is 0.468 e. The summed E-state index contributed by atoms with van der Waals surface area (Å²) in [6, 6.07) is 4.12. The van der Waals surface area contributed by atoms with Gasteiger partial charge in [-0.1, -0.05) is 17.8 Å². The molecule has 3 aromatic heterocycles. The van der Waals surface area contributed by atoms with Crippen LogP contribution in [-0.4, -0.2) is 28.3 Å². The second kappa shape index (κ2) is 6.36. The molecule has 0 N–H and O–H groups in total. The van der Waals surface area contributed by atoms with E-state index in [1.807, 2.05) is 19.9 Å². The fourth-order valence-electron chi connectivity index (χ4n) is 2.09. The summed E-state index contributed by atoms with van der Waals surface area (Å²) in [6.45, 7) is 3.70. The average Bonchev–Trinajstić information content (AvgIpc) is 3.14. The molecule has 3 heterocycles. The molecule has 0 saturated heterocycles. The number of fused-ring (bicyclic) bond motifs is 1. The summed E-state index contributed by atoms with van der Waals surface area (Å²) in [4.78, 5) is 22.9. The van der Waals surface area contributed by atoms with E-state index in [0.29, 0.717) is 5.82 Å². The number of aromatic nitrogens is 2. The summed E-state index contributed by atoms with van der Waals surface area (Å²) < 4.78 is 4.81. The standard InChI is InChI=1S/C15H14N2O2S3/c1-8(15(18)19-3)22-14-12-10(11-5-4-6-20-11)7-21-13(12)16-9(2)17-14/h4-8H,1-3H3/t8-/m1/s1. The molecule has 3 aromatic rings. The first-order valence-corrected chi connectivity index (χ1v) is 9.28. The molecule has 0 radical (unpaired) electrons. The Bertz CT molecular complexity index is 812. The first-order chi connectivity index (χ1) is 10.6. The van der Waals surface area contributed by atoms with Crippen molar-refractivity contribution < 1.29 is 9.53 Å². The third kappa shape index (κ3) is 2.88. The van der Waals surface area contributed by atoms with Gasteiger partial charge in [0.05, 0.1) is 12.5 Å². The van der Waals surface area contributed by atoms with E-state index in [1.54, 1.807) is 22.7 Å². The number of aryl methyl sites for hydroxylation is 1. The van der Waals surface area contributed by atoms with E-state index >= 15 is 0 Å². The lowest BCUT2D eigenvalue weighted by molar-refractivity contribution is -0.139. The summed E-state index contributed by atoms with van der Waals surface area (Å²) in [5.41, 5.74) is 1.13. The Balaban J connectivity index is 2.12. The smallest absolute Gasteiger partial charge is 0.318 e. The second-order valence-electron chi connectivity index (χ2n) is 4.67. The van der Waals surface area contributed by atoms with Crippen LogP contribution in [0.4, 0.5) is 0 Å². The van der Waals surface area contributed by atoms with E-state index in [4.69, 9.17) is 4.74 Å². The maximum Gasteiger partial charge on any atom is 0.318 e. The first-order valence-electron chi connectivity index (χ1n) is 6.64. The maximum absolute atomic E-state index is 11.7. The van der Waals surface area contributed by atoms with Crippen LogP contribution >= 0.6 is 34.4 Å². The molecule has 114 valence electrons. The van der Waals surface area contributed by atoms with Crippen molar-refractivity contribution in [3.05, 3.63) is 28.7 Å². The lowest BCUT2D eigenvalue weighted by atomic mass is 10.2. The Morgan fingerprint density at radius 3 is 2.86 bits per heavy atom. The van der Waals surface area contributed by atoms with E-state index in [2.05, 4.69) is 26.8 Å². The SMILES string of the molecule is COC(=O)[C@@H](C)Sc1nc(C)nc2scc(-c3cccs3)c12. The predicted molar refractivity (Wildman–Crippen MR) is 92.8 cm³/mol. The molecule has 0 aliphatic carbocycles. The number of methoxy groups -OCH3 is 1. The van der Waals surface area contributed by atoms with Gasteiger partial charge in [0.2, 0.25) is 0 Å². The van der Waals surface area contributed by atoms with Crippen molar-refractivity contribution in [3.8, 4) is 10.4 Å². The quantitative estimate of drug-likeness (QED) is 0.397. The monoisotopic (exact) mass is 350 g/mol. The van der Waals surface area contributed by atoms with Gasteiger partial charge in [-0.3, -0.25) is 4.79 Å². The van der Waals surface area contributed by atoms with Crippen molar-refractivity contribution in [3.63, 3.8) is 0 Å². The van der Waals surface area contributed by atoms with Crippen molar-refractivity contribution in [2.45, 2.75) is 24.1 Å². The third-order valence-electron chi connectivity index (χ3n) is 3.12. The van der Waals surface area contributed by atoms with Gasteiger partial charge in [0.1, 0.15) is 20.9 Å². The number of rotatable bonds is 4. The highest BCUT2D eigenvalue weighted by atomic mass is 32.2. The molecular weight excluding hydrogens is 336 g/mol. The van der Waals surface area contributed by atoms with Crippen LogP contribution in [0.1, 0.15) is 12.7 Å². The van der Waals surface area contributed by atoms with Crippen LogP contribution in [0, 0.1) is 6.92 Å². The van der Waals surface area contributed by atoms with Crippen molar-refractivity contribution >= 4 is 50.6 Å². The molecule has 1 atom stereocenters. The molecule has 0 saturated carbocycles. The minimum absolute atomic E-state index is 0.248. The molecule has 4 nitrogen and oxygen atoms in total. The minimum atomic E-state index is -0.307. The number of esters is 1. The summed E-state index contributed by atoms with van der Waals surface area (Å²) >= 11 is 4.72. The topological polar surface area (TPSA) is 52.1 Å². The number of thiophene rings is 2. The molecule has 0 aromatic carbocycles. The number of carbonyl (C=O) groups excluding carboxylic acids is 1. The van der Waals surface area contributed by atoms with Crippen molar-refractivity contribution in [1.29, 1.82) is 0 Å². The molecular formula is C15H14N2O2S3. The summed E-state index contributed by atoms with van der Waals surface area (Å²) in [6.07, 6.45) is 0. The molecule has 0 aliphatic heterocycles. The lowest BCUT2D eigenvalue weighted by Gasteiger charge is -2.10. The summed E-state index contributed by atoms with van der Waals surface area (Å²) in [7, 11) is 1.40. The van der Waals surface area contributed by atoms with E-state index in [9.17, 15) is 4.79 Å². The van der Waals surface area contributed by atoms with E-state index in [0.717, 1.165) is 20.8 Å². The average molecular weight is 350 g/mol. The Hall–Kier alpha value is -1.44. The highest BCUT2D eigenvalue weighted by molar-refractivity contribution is 8.00. The summed E-state index contributed by atoms with van der Waals surface area (Å²) in [5.74, 6) is 0.467. The van der Waals surface area contributed by atoms with E-state index in [1.165, 1.54) is 23.7 Å². The Morgan fingerprint density at radius 1 is 1.36 bits per heavy atom. The van der Waals surface area contributed by atoms with Crippen molar-refractivity contribution in [2.75, 3.05) is 7.11 Å². The highest BCUT2D eigenvalue weighted by Gasteiger charge is 2.21. The maximum atomic E-state index is 11.7. The zero-order chi connectivity index (χ0) is 15.7. The molecule has 0 spiro atoms. The number of ether oxygens (including phenoxy) is 1. The fourth-order valence-corrected chi connectivity index (χ4v) is 5.00. The van der Waals surface area contributed by atoms with Crippen LogP contribution in [0.15, 0.2) is 27.9 Å². The normalized spacial score (nSPS) is 12.5. The third-order valence-corrected chi connectivity index (χ3v) is 5.96. The summed E-state index contributed by atoms with van der Waals surface area (Å²) in [5, 5.41) is 5.72. The minimum Gasteiger partial charge on any atom is -0.468 e. The number of thioether (sulfide) groups is 1. The Morgan fingerprint density at radius 2 is 2.18 bits per heavy atom. The fraction of sp³-hybridized carbons (Fsp3) is 0.267. The van der Waals surface area contributed by atoms with Gasteiger partial charge < -0.3 is 4.74 Å².